The number of fused-ring (bicyclic) bond motifs is 2. The molecule has 0 saturated carbocycles. The highest BCUT2D eigenvalue weighted by atomic mass is 16.5. The molecule has 0 aromatic heterocycles. The first-order valence-electron chi connectivity index (χ1n) is 9.68. The van der Waals surface area contributed by atoms with Gasteiger partial charge in [-0.1, -0.05) is 0 Å². The fourth-order valence-electron chi connectivity index (χ4n) is 3.52. The lowest BCUT2D eigenvalue weighted by Gasteiger charge is -2.09. The molecule has 0 radical (unpaired) electrons. The zero-order valence-corrected chi connectivity index (χ0v) is 17.1. The number of carbonyl (C=O) groups is 6. The summed E-state index contributed by atoms with van der Waals surface area (Å²) in [5.41, 5.74) is -0.354. The van der Waals surface area contributed by atoms with Gasteiger partial charge in [-0.15, -0.1) is 0 Å². The van der Waals surface area contributed by atoms with Crippen molar-refractivity contribution in [3.63, 3.8) is 0 Å². The summed E-state index contributed by atoms with van der Waals surface area (Å²) >= 11 is 0. The highest BCUT2D eigenvalue weighted by molar-refractivity contribution is 6.40. The third kappa shape index (κ3) is 3.68. The summed E-state index contributed by atoms with van der Waals surface area (Å²) in [7, 11) is 0. The van der Waals surface area contributed by atoms with Crippen LogP contribution in [0.1, 0.15) is 69.1 Å². The van der Waals surface area contributed by atoms with E-state index < -0.39 is 59.7 Å². The first-order valence-corrected chi connectivity index (χ1v) is 9.68. The quantitative estimate of drug-likeness (QED) is 0.589. The summed E-state index contributed by atoms with van der Waals surface area (Å²) in [6.07, 6.45) is -0.507. The van der Waals surface area contributed by atoms with E-state index in [-0.39, 0.29) is 34.5 Å². The highest BCUT2D eigenvalue weighted by Crippen LogP contribution is 2.35. The Balaban J connectivity index is 1.89. The molecule has 0 unspecified atom stereocenters. The van der Waals surface area contributed by atoms with Gasteiger partial charge in [-0.2, -0.15) is 0 Å². The molecule has 0 N–H and O–H groups in total. The zero-order chi connectivity index (χ0) is 22.3. The summed E-state index contributed by atoms with van der Waals surface area (Å²) in [4.78, 5) is 75.4. The smallest absolute Gasteiger partial charge is 0.182 e. The molecule has 0 spiro atoms. The van der Waals surface area contributed by atoms with E-state index >= 15 is 0 Å². The van der Waals surface area contributed by atoms with Crippen molar-refractivity contribution in [2.24, 2.45) is 11.8 Å². The second-order valence-corrected chi connectivity index (χ2v) is 7.92. The third-order valence-corrected chi connectivity index (χ3v) is 5.03. The Kier molecular flexibility index (Phi) is 5.92. The van der Waals surface area contributed by atoms with E-state index in [2.05, 4.69) is 0 Å². The van der Waals surface area contributed by atoms with Crippen LogP contribution in [0.2, 0.25) is 0 Å². The number of hydrogen-bond donors (Lipinski definition) is 0. The van der Waals surface area contributed by atoms with E-state index in [0.717, 1.165) is 12.1 Å². The Morgan fingerprint density at radius 3 is 1.17 bits per heavy atom. The van der Waals surface area contributed by atoms with Crippen molar-refractivity contribution in [1.82, 2.24) is 0 Å². The Bertz CT molecular complexity index is 855. The lowest BCUT2D eigenvalue weighted by Crippen LogP contribution is -2.30. The molecule has 0 amide bonds. The van der Waals surface area contributed by atoms with Gasteiger partial charge in [0.05, 0.1) is 12.2 Å². The Morgan fingerprint density at radius 1 is 0.667 bits per heavy atom. The van der Waals surface area contributed by atoms with Crippen LogP contribution in [-0.2, 0) is 19.1 Å². The van der Waals surface area contributed by atoms with Crippen molar-refractivity contribution in [3.8, 4) is 0 Å². The molecule has 0 aliphatic heterocycles. The van der Waals surface area contributed by atoms with E-state index in [1.54, 1.807) is 27.7 Å². The fraction of sp³-hybridized carbons (Fsp3) is 0.455. The van der Waals surface area contributed by atoms with Crippen LogP contribution in [-0.4, -0.2) is 60.1 Å². The van der Waals surface area contributed by atoms with Crippen LogP contribution in [0.15, 0.2) is 12.1 Å². The molecular formula is C22H22O8. The SMILES string of the molecule is CC(C)OCC(=O)C1C(=O)c2cc3c(cc2C1=O)C(=O)C(C(=O)COC(C)C)C3=O. The van der Waals surface area contributed by atoms with Gasteiger partial charge in [-0.25, -0.2) is 0 Å². The highest BCUT2D eigenvalue weighted by Gasteiger charge is 2.48. The number of carbonyl (C=O) groups excluding carboxylic acids is 6. The van der Waals surface area contributed by atoms with Crippen molar-refractivity contribution in [3.05, 3.63) is 34.4 Å². The normalized spacial score (nSPS) is 16.7. The van der Waals surface area contributed by atoms with Gasteiger partial charge in [0.2, 0.25) is 0 Å². The van der Waals surface area contributed by atoms with Crippen LogP contribution in [0.25, 0.3) is 0 Å². The van der Waals surface area contributed by atoms with Crippen LogP contribution in [0.5, 0.6) is 0 Å². The summed E-state index contributed by atoms with van der Waals surface area (Å²) < 4.78 is 10.4. The maximum atomic E-state index is 12.7. The molecular weight excluding hydrogens is 392 g/mol. The predicted octanol–water partition coefficient (Wildman–Crippen LogP) is 1.67. The van der Waals surface area contributed by atoms with Crippen molar-refractivity contribution in [2.75, 3.05) is 13.2 Å². The number of ketones is 6. The number of ether oxygens (including phenoxy) is 2. The average Bonchev–Trinajstić information content (AvgIpc) is 3.07. The number of hydrogen-bond acceptors (Lipinski definition) is 8. The standard InChI is InChI=1S/C22H22O8/c1-9(2)29-7-15(23)17-19(25)11-5-13-14(6-12(11)20(17)26)22(28)18(21(13)27)16(24)8-30-10(3)4/h5-6,9-10,17-18H,7-8H2,1-4H3. The molecule has 0 heterocycles. The third-order valence-electron chi connectivity index (χ3n) is 5.03. The van der Waals surface area contributed by atoms with Gasteiger partial charge in [0.15, 0.2) is 34.7 Å². The Hall–Kier alpha value is -2.84. The van der Waals surface area contributed by atoms with Crippen molar-refractivity contribution in [1.29, 1.82) is 0 Å². The molecule has 0 saturated heterocycles. The van der Waals surface area contributed by atoms with Crippen molar-refractivity contribution >= 4 is 34.7 Å². The fourth-order valence-corrected chi connectivity index (χ4v) is 3.52. The average molecular weight is 414 g/mol. The maximum absolute atomic E-state index is 12.7. The summed E-state index contributed by atoms with van der Waals surface area (Å²) in [6.45, 7) is 6.08. The molecule has 0 fully saturated rings. The van der Waals surface area contributed by atoms with Gasteiger partial charge in [0.1, 0.15) is 25.0 Å². The van der Waals surface area contributed by atoms with Gasteiger partial charge < -0.3 is 9.47 Å². The van der Waals surface area contributed by atoms with E-state index in [4.69, 9.17) is 9.47 Å². The summed E-state index contributed by atoms with van der Waals surface area (Å²) in [5.74, 6) is -7.34. The first kappa shape index (κ1) is 21.9. The molecule has 1 aromatic rings. The second kappa shape index (κ2) is 8.12. The van der Waals surface area contributed by atoms with Crippen LogP contribution >= 0.6 is 0 Å². The van der Waals surface area contributed by atoms with Gasteiger partial charge >= 0.3 is 0 Å². The van der Waals surface area contributed by atoms with Crippen LogP contribution in [0.3, 0.4) is 0 Å². The van der Waals surface area contributed by atoms with E-state index in [1.807, 2.05) is 0 Å². The minimum atomic E-state index is -1.54. The Morgan fingerprint density at radius 2 is 0.933 bits per heavy atom. The molecule has 8 heteroatoms. The molecule has 3 rings (SSSR count). The molecule has 8 nitrogen and oxygen atoms in total. The Labute approximate surface area is 172 Å². The molecule has 0 atom stereocenters. The first-order chi connectivity index (χ1) is 14.0. The minimum absolute atomic E-state index is 0.0886. The summed E-state index contributed by atoms with van der Waals surface area (Å²) in [6, 6.07) is 2.30. The van der Waals surface area contributed by atoms with E-state index in [0.29, 0.717) is 0 Å². The van der Waals surface area contributed by atoms with E-state index in [1.165, 1.54) is 0 Å². The predicted molar refractivity (Wildman–Crippen MR) is 103 cm³/mol. The molecule has 0 bridgehead atoms. The van der Waals surface area contributed by atoms with Crippen molar-refractivity contribution in [2.45, 2.75) is 39.9 Å². The minimum Gasteiger partial charge on any atom is -0.371 e. The van der Waals surface area contributed by atoms with Crippen LogP contribution < -0.4 is 0 Å². The van der Waals surface area contributed by atoms with Gasteiger partial charge in [-0.05, 0) is 39.8 Å². The number of rotatable bonds is 8. The lowest BCUT2D eigenvalue weighted by molar-refractivity contribution is -0.127. The molecule has 158 valence electrons. The van der Waals surface area contributed by atoms with Gasteiger partial charge in [0.25, 0.3) is 0 Å². The monoisotopic (exact) mass is 414 g/mol. The molecule has 2 aliphatic rings. The van der Waals surface area contributed by atoms with Crippen LogP contribution in [0.4, 0.5) is 0 Å². The van der Waals surface area contributed by atoms with E-state index in [9.17, 15) is 28.8 Å². The molecule has 2 aliphatic carbocycles. The zero-order valence-electron chi connectivity index (χ0n) is 17.1. The topological polar surface area (TPSA) is 121 Å². The number of benzene rings is 1. The second-order valence-electron chi connectivity index (χ2n) is 7.92. The van der Waals surface area contributed by atoms with Crippen LogP contribution in [0, 0.1) is 11.8 Å². The largest absolute Gasteiger partial charge is 0.371 e. The molecule has 1 aromatic carbocycles. The lowest BCUT2D eigenvalue weighted by atomic mass is 9.97. The van der Waals surface area contributed by atoms with Crippen molar-refractivity contribution < 1.29 is 38.2 Å². The van der Waals surface area contributed by atoms with Gasteiger partial charge in [-0.3, -0.25) is 28.8 Å². The maximum Gasteiger partial charge on any atom is 0.182 e. The molecule has 30 heavy (non-hydrogen) atoms. The summed E-state index contributed by atoms with van der Waals surface area (Å²) in [5, 5.41) is 0. The van der Waals surface area contributed by atoms with Gasteiger partial charge in [0, 0.05) is 22.3 Å². The number of Topliss-reactive ketones (excluding diaryl/α,β-unsaturated/α-hetero) is 6.